The predicted octanol–water partition coefficient (Wildman–Crippen LogP) is 1.32. The Morgan fingerprint density at radius 3 is 2.93 bits per heavy atom. The third-order valence-electron chi connectivity index (χ3n) is 4.18. The van der Waals surface area contributed by atoms with Crippen LogP contribution in [0.1, 0.15) is 31.7 Å². The number of unbranched alkanes of at least 4 members (excludes halogenated alkanes) is 1. The summed E-state index contributed by atoms with van der Waals surface area (Å²) in [4.78, 5) is 31.6. The highest BCUT2D eigenvalue weighted by atomic mass is 31.2. The molecule has 0 fully saturated rings. The summed E-state index contributed by atoms with van der Waals surface area (Å²) in [5, 5.41) is 12.8. The zero-order valence-electron chi connectivity index (χ0n) is 15.8. The zero-order chi connectivity index (χ0) is 20.4. The number of hydrogen-bond acceptors (Lipinski definition) is 8. The summed E-state index contributed by atoms with van der Waals surface area (Å²) in [6, 6.07) is -0.334. The van der Waals surface area contributed by atoms with E-state index in [0.717, 1.165) is 11.8 Å². The third kappa shape index (κ3) is 6.35. The SMILES string of the molecule is CCOP(=O)(CC[C@@H](CO)NCc1c[nH]c2c(=O)[nH]cnc12)OCCCC=O. The summed E-state index contributed by atoms with van der Waals surface area (Å²) in [5.41, 5.74) is 1.49. The molecule has 0 saturated heterocycles. The molecule has 2 aromatic rings. The van der Waals surface area contributed by atoms with Crippen molar-refractivity contribution in [3.8, 4) is 0 Å². The van der Waals surface area contributed by atoms with E-state index in [1.165, 1.54) is 6.33 Å². The van der Waals surface area contributed by atoms with Gasteiger partial charge in [-0.05, 0) is 19.8 Å². The third-order valence-corrected chi connectivity index (χ3v) is 6.21. The molecule has 11 heteroatoms. The van der Waals surface area contributed by atoms with Gasteiger partial charge in [0.2, 0.25) is 0 Å². The molecule has 28 heavy (non-hydrogen) atoms. The van der Waals surface area contributed by atoms with E-state index in [4.69, 9.17) is 9.05 Å². The molecule has 2 heterocycles. The van der Waals surface area contributed by atoms with Crippen LogP contribution in [-0.4, -0.2) is 58.4 Å². The van der Waals surface area contributed by atoms with Crippen molar-refractivity contribution in [3.05, 3.63) is 28.4 Å². The first kappa shape index (κ1) is 22.4. The lowest BCUT2D eigenvalue weighted by Gasteiger charge is -2.21. The molecule has 0 aliphatic heterocycles. The van der Waals surface area contributed by atoms with E-state index < -0.39 is 7.60 Å². The molecular weight excluding hydrogens is 387 g/mol. The van der Waals surface area contributed by atoms with Gasteiger partial charge in [0.25, 0.3) is 5.56 Å². The largest absolute Gasteiger partial charge is 0.395 e. The quantitative estimate of drug-likeness (QED) is 0.206. The van der Waals surface area contributed by atoms with E-state index in [1.54, 1.807) is 13.1 Å². The minimum atomic E-state index is -3.29. The number of aldehydes is 1. The Hall–Kier alpha value is -1.84. The number of nitrogens with one attached hydrogen (secondary N) is 3. The summed E-state index contributed by atoms with van der Waals surface area (Å²) in [7, 11) is -3.29. The average molecular weight is 414 g/mol. The lowest BCUT2D eigenvalue weighted by molar-refractivity contribution is -0.108. The number of H-pyrrole nitrogens is 2. The first-order valence-corrected chi connectivity index (χ1v) is 11.0. The molecule has 2 atom stereocenters. The topological polar surface area (TPSA) is 146 Å². The number of carbonyl (C=O) groups is 1. The van der Waals surface area contributed by atoms with Crippen LogP contribution in [0.3, 0.4) is 0 Å². The van der Waals surface area contributed by atoms with Gasteiger partial charge in [0.15, 0.2) is 0 Å². The van der Waals surface area contributed by atoms with Crippen LogP contribution in [-0.2, 0) is 25.0 Å². The van der Waals surface area contributed by atoms with Gasteiger partial charge in [0, 0.05) is 30.8 Å². The van der Waals surface area contributed by atoms with Gasteiger partial charge in [-0.1, -0.05) is 0 Å². The van der Waals surface area contributed by atoms with Gasteiger partial charge >= 0.3 is 7.60 Å². The van der Waals surface area contributed by atoms with Gasteiger partial charge in [0.1, 0.15) is 11.8 Å². The van der Waals surface area contributed by atoms with Crippen LogP contribution in [0, 0.1) is 0 Å². The Kier molecular flexibility index (Phi) is 9.01. The molecular formula is C17H27N4O6P. The molecule has 0 aliphatic carbocycles. The van der Waals surface area contributed by atoms with Crippen molar-refractivity contribution in [1.82, 2.24) is 20.3 Å². The fraction of sp³-hybridized carbons (Fsp3) is 0.588. The van der Waals surface area contributed by atoms with Crippen molar-refractivity contribution in [1.29, 1.82) is 0 Å². The van der Waals surface area contributed by atoms with Crippen LogP contribution >= 0.6 is 7.60 Å². The van der Waals surface area contributed by atoms with Gasteiger partial charge in [-0.25, -0.2) is 4.98 Å². The number of aromatic amines is 2. The summed E-state index contributed by atoms with van der Waals surface area (Å²) < 4.78 is 23.5. The van der Waals surface area contributed by atoms with Crippen LogP contribution in [0.15, 0.2) is 17.3 Å². The van der Waals surface area contributed by atoms with E-state index in [2.05, 4.69) is 20.3 Å². The van der Waals surface area contributed by atoms with E-state index >= 15 is 0 Å². The second-order valence-electron chi connectivity index (χ2n) is 6.21. The number of rotatable bonds is 14. The van der Waals surface area contributed by atoms with Crippen molar-refractivity contribution in [3.63, 3.8) is 0 Å². The predicted molar refractivity (Wildman–Crippen MR) is 104 cm³/mol. The summed E-state index contributed by atoms with van der Waals surface area (Å²) in [6.45, 7) is 2.38. The molecule has 0 amide bonds. The summed E-state index contributed by atoms with van der Waals surface area (Å²) in [6.07, 6.45) is 5.16. The van der Waals surface area contributed by atoms with Crippen LogP contribution in [0.2, 0.25) is 0 Å². The fourth-order valence-electron chi connectivity index (χ4n) is 2.70. The molecule has 0 aromatic carbocycles. The molecule has 4 N–H and O–H groups in total. The van der Waals surface area contributed by atoms with E-state index in [1.807, 2.05) is 0 Å². The molecule has 10 nitrogen and oxygen atoms in total. The Morgan fingerprint density at radius 1 is 1.39 bits per heavy atom. The van der Waals surface area contributed by atoms with Crippen molar-refractivity contribution in [2.75, 3.05) is 26.0 Å². The Bertz CT molecular complexity index is 852. The van der Waals surface area contributed by atoms with Gasteiger partial charge in [-0.15, -0.1) is 0 Å². The standard InChI is InChI=1S/C17H27N4O6P/c1-2-26-28(25,27-7-4-3-6-22)8-5-14(11-23)18-9-13-10-19-16-15(13)20-12-21-17(16)24/h6,10,12,14,18-19,23H,2-5,7-9,11H2,1H3,(H,20,21,24)/t14-,28?/m0/s1. The maximum atomic E-state index is 12.7. The lowest BCUT2D eigenvalue weighted by atomic mass is 10.2. The number of aromatic nitrogens is 3. The molecule has 156 valence electrons. The minimum Gasteiger partial charge on any atom is -0.395 e. The molecule has 2 rings (SSSR count). The van der Waals surface area contributed by atoms with Crippen molar-refractivity contribution < 1.29 is 23.5 Å². The molecule has 0 saturated carbocycles. The molecule has 0 bridgehead atoms. The number of aliphatic hydroxyl groups excluding tert-OH is 1. The Morgan fingerprint density at radius 2 is 2.21 bits per heavy atom. The smallest absolute Gasteiger partial charge is 0.330 e. The number of carbonyl (C=O) groups excluding carboxylic acids is 1. The zero-order valence-corrected chi connectivity index (χ0v) is 16.7. The van der Waals surface area contributed by atoms with E-state index in [-0.39, 0.29) is 37.6 Å². The molecule has 0 spiro atoms. The monoisotopic (exact) mass is 414 g/mol. The Labute approximate surface area is 162 Å². The van der Waals surface area contributed by atoms with Crippen LogP contribution < -0.4 is 10.9 Å². The van der Waals surface area contributed by atoms with Gasteiger partial charge in [0.05, 0.1) is 37.8 Å². The Balaban J connectivity index is 1.91. The highest BCUT2D eigenvalue weighted by molar-refractivity contribution is 7.53. The number of hydrogen-bond donors (Lipinski definition) is 4. The minimum absolute atomic E-state index is 0.145. The second-order valence-corrected chi connectivity index (χ2v) is 8.40. The highest BCUT2D eigenvalue weighted by Crippen LogP contribution is 2.49. The molecule has 0 aliphatic rings. The number of fused-ring (bicyclic) bond motifs is 1. The van der Waals surface area contributed by atoms with Crippen molar-refractivity contribution in [2.24, 2.45) is 0 Å². The summed E-state index contributed by atoms with van der Waals surface area (Å²) >= 11 is 0. The number of aliphatic hydroxyl groups is 1. The van der Waals surface area contributed by atoms with E-state index in [0.29, 0.717) is 36.8 Å². The van der Waals surface area contributed by atoms with Crippen LogP contribution in [0.5, 0.6) is 0 Å². The molecule has 2 aromatic heterocycles. The maximum absolute atomic E-state index is 12.7. The van der Waals surface area contributed by atoms with Gasteiger partial charge < -0.3 is 34.2 Å². The van der Waals surface area contributed by atoms with Crippen LogP contribution in [0.4, 0.5) is 0 Å². The molecule has 0 radical (unpaired) electrons. The first-order chi connectivity index (χ1) is 13.5. The summed E-state index contributed by atoms with van der Waals surface area (Å²) in [5.74, 6) is 0. The first-order valence-electron chi connectivity index (χ1n) is 9.22. The van der Waals surface area contributed by atoms with Gasteiger partial charge in [-0.2, -0.15) is 0 Å². The maximum Gasteiger partial charge on any atom is 0.330 e. The van der Waals surface area contributed by atoms with Crippen molar-refractivity contribution >= 4 is 24.9 Å². The number of nitrogens with zero attached hydrogens (tertiary/aromatic N) is 1. The van der Waals surface area contributed by atoms with E-state index in [9.17, 15) is 19.3 Å². The lowest BCUT2D eigenvalue weighted by Crippen LogP contribution is -2.33. The molecule has 1 unspecified atom stereocenters. The van der Waals surface area contributed by atoms with Gasteiger partial charge in [-0.3, -0.25) is 9.36 Å². The fourth-order valence-corrected chi connectivity index (χ4v) is 4.46. The highest BCUT2D eigenvalue weighted by Gasteiger charge is 2.25. The van der Waals surface area contributed by atoms with Crippen molar-refractivity contribution in [2.45, 2.75) is 38.8 Å². The average Bonchev–Trinajstić information content (AvgIpc) is 3.10. The second kappa shape index (κ2) is 11.2. The van der Waals surface area contributed by atoms with Crippen LogP contribution in [0.25, 0.3) is 11.0 Å². The normalized spacial score (nSPS) is 14.8.